The number of hydrogen-bond acceptors (Lipinski definition) is 5. The zero-order valence-corrected chi connectivity index (χ0v) is 12.0. The molecule has 0 bridgehead atoms. The lowest BCUT2D eigenvalue weighted by Gasteiger charge is -2.16. The zero-order valence-electron chi connectivity index (χ0n) is 11.1. The third-order valence-electron chi connectivity index (χ3n) is 2.50. The Balaban J connectivity index is 2.37. The van der Waals surface area contributed by atoms with Crippen LogP contribution in [0.25, 0.3) is 0 Å². The highest BCUT2D eigenvalue weighted by atomic mass is 32.2. The third-order valence-corrected chi connectivity index (χ3v) is 3.40. The van der Waals surface area contributed by atoms with E-state index in [2.05, 4.69) is 34.3 Å². The number of amides is 1. The zero-order chi connectivity index (χ0) is 13.4. The Kier molecular flexibility index (Phi) is 6.67. The van der Waals surface area contributed by atoms with Crippen molar-refractivity contribution >= 4 is 23.5 Å². The standard InChI is InChI=1S/C12H20N4OS/c1-4-16(5-2)8-9-18-12-7-6-11(14-15-12)13-10(3)17/h6-7H,4-5,8-9H2,1-3H3,(H,13,14,17). The van der Waals surface area contributed by atoms with Crippen molar-refractivity contribution in [3.63, 3.8) is 0 Å². The first kappa shape index (κ1) is 14.9. The van der Waals surface area contributed by atoms with Crippen molar-refractivity contribution in [3.8, 4) is 0 Å². The van der Waals surface area contributed by atoms with Crippen LogP contribution in [0.2, 0.25) is 0 Å². The molecule has 0 aliphatic carbocycles. The van der Waals surface area contributed by atoms with Crippen LogP contribution in [0.15, 0.2) is 17.2 Å². The van der Waals surface area contributed by atoms with Gasteiger partial charge in [0.05, 0.1) is 0 Å². The topological polar surface area (TPSA) is 58.1 Å². The average molecular weight is 268 g/mol. The van der Waals surface area contributed by atoms with Crippen molar-refractivity contribution in [3.05, 3.63) is 12.1 Å². The molecule has 0 radical (unpaired) electrons. The van der Waals surface area contributed by atoms with Gasteiger partial charge in [0.2, 0.25) is 5.91 Å². The predicted molar refractivity (Wildman–Crippen MR) is 74.8 cm³/mol. The van der Waals surface area contributed by atoms with Gasteiger partial charge in [-0.2, -0.15) is 0 Å². The van der Waals surface area contributed by atoms with Crippen LogP contribution in [0.1, 0.15) is 20.8 Å². The molecule has 1 amide bonds. The summed E-state index contributed by atoms with van der Waals surface area (Å²) in [6, 6.07) is 3.65. The van der Waals surface area contributed by atoms with Crippen LogP contribution >= 0.6 is 11.8 Å². The molecule has 1 aromatic rings. The molecule has 6 heteroatoms. The summed E-state index contributed by atoms with van der Waals surface area (Å²) in [5.74, 6) is 1.36. The first-order chi connectivity index (χ1) is 8.65. The van der Waals surface area contributed by atoms with Gasteiger partial charge >= 0.3 is 0 Å². The van der Waals surface area contributed by atoms with E-state index >= 15 is 0 Å². The summed E-state index contributed by atoms with van der Waals surface area (Å²) in [5, 5.41) is 11.5. The molecule has 0 aliphatic heterocycles. The van der Waals surface area contributed by atoms with Crippen LogP contribution in [0.4, 0.5) is 5.82 Å². The van der Waals surface area contributed by atoms with E-state index in [9.17, 15) is 4.79 Å². The number of anilines is 1. The molecule has 0 saturated heterocycles. The van der Waals surface area contributed by atoms with Crippen LogP contribution in [0, 0.1) is 0 Å². The smallest absolute Gasteiger partial charge is 0.222 e. The molecule has 0 aromatic carbocycles. The van der Waals surface area contributed by atoms with E-state index in [-0.39, 0.29) is 5.91 Å². The van der Waals surface area contributed by atoms with E-state index in [1.807, 2.05) is 6.07 Å². The second-order valence-electron chi connectivity index (χ2n) is 3.81. The monoisotopic (exact) mass is 268 g/mol. The van der Waals surface area contributed by atoms with Crippen LogP contribution in [0.3, 0.4) is 0 Å². The Hall–Kier alpha value is -1.14. The number of nitrogens with zero attached hydrogens (tertiary/aromatic N) is 3. The van der Waals surface area contributed by atoms with E-state index in [0.717, 1.165) is 30.4 Å². The van der Waals surface area contributed by atoms with Gasteiger partial charge in [-0.25, -0.2) is 0 Å². The Morgan fingerprint density at radius 2 is 2.06 bits per heavy atom. The van der Waals surface area contributed by atoms with E-state index in [1.54, 1.807) is 17.8 Å². The summed E-state index contributed by atoms with van der Waals surface area (Å²) >= 11 is 1.68. The van der Waals surface area contributed by atoms with Crippen molar-refractivity contribution in [2.24, 2.45) is 0 Å². The molecule has 0 unspecified atom stereocenters. The van der Waals surface area contributed by atoms with Gasteiger partial charge in [-0.15, -0.1) is 22.0 Å². The quantitative estimate of drug-likeness (QED) is 0.765. The van der Waals surface area contributed by atoms with Crippen LogP contribution in [-0.2, 0) is 4.79 Å². The summed E-state index contributed by atoms with van der Waals surface area (Å²) in [6.07, 6.45) is 0. The summed E-state index contributed by atoms with van der Waals surface area (Å²) < 4.78 is 0. The van der Waals surface area contributed by atoms with Crippen molar-refractivity contribution in [1.29, 1.82) is 0 Å². The Morgan fingerprint density at radius 3 is 2.56 bits per heavy atom. The van der Waals surface area contributed by atoms with Crippen molar-refractivity contribution in [2.75, 3.05) is 30.7 Å². The minimum Gasteiger partial charge on any atom is -0.309 e. The maximum Gasteiger partial charge on any atom is 0.222 e. The molecular formula is C12H20N4OS. The molecule has 0 fully saturated rings. The summed E-state index contributed by atoms with van der Waals surface area (Å²) in [4.78, 5) is 13.2. The first-order valence-electron chi connectivity index (χ1n) is 6.12. The fourth-order valence-electron chi connectivity index (χ4n) is 1.46. The van der Waals surface area contributed by atoms with Crippen LogP contribution in [0.5, 0.6) is 0 Å². The van der Waals surface area contributed by atoms with Gasteiger partial charge in [0.15, 0.2) is 5.82 Å². The number of aromatic nitrogens is 2. The second-order valence-corrected chi connectivity index (χ2v) is 4.93. The Morgan fingerprint density at radius 1 is 1.33 bits per heavy atom. The molecule has 1 rings (SSSR count). The van der Waals surface area contributed by atoms with Crippen molar-refractivity contribution in [1.82, 2.24) is 15.1 Å². The van der Waals surface area contributed by atoms with E-state index in [4.69, 9.17) is 0 Å². The highest BCUT2D eigenvalue weighted by Gasteiger charge is 2.02. The van der Waals surface area contributed by atoms with Gasteiger partial charge in [-0.05, 0) is 25.2 Å². The maximum absolute atomic E-state index is 10.8. The van der Waals surface area contributed by atoms with Crippen molar-refractivity contribution < 1.29 is 4.79 Å². The molecule has 5 nitrogen and oxygen atoms in total. The average Bonchev–Trinajstić information content (AvgIpc) is 2.36. The van der Waals surface area contributed by atoms with E-state index < -0.39 is 0 Å². The number of hydrogen-bond donors (Lipinski definition) is 1. The SMILES string of the molecule is CCN(CC)CCSc1ccc(NC(C)=O)nn1. The molecule has 0 saturated carbocycles. The van der Waals surface area contributed by atoms with Crippen LogP contribution < -0.4 is 5.32 Å². The van der Waals surface area contributed by atoms with Gasteiger partial charge in [0.1, 0.15) is 5.03 Å². The largest absolute Gasteiger partial charge is 0.309 e. The molecule has 0 atom stereocenters. The Labute approximate surface area is 112 Å². The predicted octanol–water partition coefficient (Wildman–Crippen LogP) is 1.87. The molecule has 0 spiro atoms. The van der Waals surface area contributed by atoms with E-state index in [1.165, 1.54) is 6.92 Å². The van der Waals surface area contributed by atoms with E-state index in [0.29, 0.717) is 5.82 Å². The highest BCUT2D eigenvalue weighted by Crippen LogP contribution is 2.15. The first-order valence-corrected chi connectivity index (χ1v) is 7.10. The van der Waals surface area contributed by atoms with Gasteiger partial charge in [0, 0.05) is 19.2 Å². The lowest BCUT2D eigenvalue weighted by Crippen LogP contribution is -2.25. The lowest BCUT2D eigenvalue weighted by molar-refractivity contribution is -0.114. The number of rotatable bonds is 7. The van der Waals surface area contributed by atoms with Crippen LogP contribution in [-0.4, -0.2) is 46.4 Å². The molecule has 1 aromatic heterocycles. The van der Waals surface area contributed by atoms with Gasteiger partial charge in [-0.1, -0.05) is 13.8 Å². The fraction of sp³-hybridized carbons (Fsp3) is 0.583. The highest BCUT2D eigenvalue weighted by molar-refractivity contribution is 7.99. The normalized spacial score (nSPS) is 10.7. The molecule has 100 valence electrons. The number of carbonyl (C=O) groups is 1. The summed E-state index contributed by atoms with van der Waals surface area (Å²) in [6.45, 7) is 8.97. The molecule has 0 aliphatic rings. The van der Waals surface area contributed by atoms with Crippen molar-refractivity contribution in [2.45, 2.75) is 25.8 Å². The fourth-order valence-corrected chi connectivity index (χ4v) is 2.28. The number of carbonyl (C=O) groups excluding carboxylic acids is 1. The summed E-state index contributed by atoms with van der Waals surface area (Å²) in [7, 11) is 0. The Bertz CT molecular complexity index is 365. The van der Waals surface area contributed by atoms with Gasteiger partial charge in [-0.3, -0.25) is 4.79 Å². The molecule has 1 heterocycles. The molecular weight excluding hydrogens is 248 g/mol. The summed E-state index contributed by atoms with van der Waals surface area (Å²) in [5.41, 5.74) is 0. The number of thioether (sulfide) groups is 1. The maximum atomic E-state index is 10.8. The van der Waals surface area contributed by atoms with Gasteiger partial charge in [0.25, 0.3) is 0 Å². The molecule has 1 N–H and O–H groups in total. The number of nitrogens with one attached hydrogen (secondary N) is 1. The lowest BCUT2D eigenvalue weighted by atomic mass is 10.5. The minimum atomic E-state index is -0.133. The minimum absolute atomic E-state index is 0.133. The van der Waals surface area contributed by atoms with Gasteiger partial charge < -0.3 is 10.2 Å². The molecule has 18 heavy (non-hydrogen) atoms. The second kappa shape index (κ2) is 8.05. The third kappa shape index (κ3) is 5.46.